The van der Waals surface area contributed by atoms with E-state index in [4.69, 9.17) is 5.11 Å². The van der Waals surface area contributed by atoms with Crippen molar-refractivity contribution >= 4 is 28.5 Å². The normalized spacial score (nSPS) is 18.4. The maximum Gasteiger partial charge on any atom is 0.335 e. The van der Waals surface area contributed by atoms with Gasteiger partial charge in [-0.15, -0.1) is 0 Å². The van der Waals surface area contributed by atoms with Crippen LogP contribution in [0, 0.1) is 0 Å². The third kappa shape index (κ3) is 2.28. The zero-order valence-electron chi connectivity index (χ0n) is 10.4. The van der Waals surface area contributed by atoms with Gasteiger partial charge in [0.15, 0.2) is 5.96 Å². The molecule has 1 aromatic carbocycles. The van der Waals surface area contributed by atoms with Crippen LogP contribution in [0.15, 0.2) is 23.3 Å². The lowest BCUT2D eigenvalue weighted by Gasteiger charge is -2.20. The lowest BCUT2D eigenvalue weighted by Crippen LogP contribution is -2.42. The predicted molar refractivity (Wildman–Crippen MR) is 73.0 cm³/mol. The fraction of sp³-hybridized carbons (Fsp3) is 0.250. The van der Waals surface area contributed by atoms with E-state index in [0.717, 1.165) is 5.39 Å². The number of nitrogens with one attached hydrogen (secondary N) is 3. The highest BCUT2D eigenvalue weighted by Gasteiger charge is 2.15. The largest absolute Gasteiger partial charge is 0.478 e. The summed E-state index contributed by atoms with van der Waals surface area (Å²) in [6.07, 6.45) is 1.11. The number of aliphatic hydroxyl groups excluding tert-OH is 1. The molecule has 0 saturated heterocycles. The quantitative estimate of drug-likeness (QED) is 0.525. The van der Waals surface area contributed by atoms with Gasteiger partial charge in [0.25, 0.3) is 0 Å². The van der Waals surface area contributed by atoms with E-state index in [2.05, 4.69) is 25.8 Å². The molecular weight excluding hydrogens is 262 g/mol. The second-order valence-corrected chi connectivity index (χ2v) is 4.51. The molecule has 0 aliphatic carbocycles. The smallest absolute Gasteiger partial charge is 0.335 e. The Labute approximate surface area is 113 Å². The van der Waals surface area contributed by atoms with Gasteiger partial charge in [-0.1, -0.05) is 0 Å². The van der Waals surface area contributed by atoms with Gasteiger partial charge in [0.1, 0.15) is 0 Å². The number of carboxylic acid groups (broad SMARTS) is 1. The van der Waals surface area contributed by atoms with Crippen molar-refractivity contribution in [2.75, 3.05) is 18.4 Å². The van der Waals surface area contributed by atoms with E-state index in [9.17, 15) is 9.90 Å². The van der Waals surface area contributed by atoms with Crippen molar-refractivity contribution in [3.8, 4) is 0 Å². The van der Waals surface area contributed by atoms with Crippen LogP contribution in [0.4, 0.5) is 5.69 Å². The van der Waals surface area contributed by atoms with Crippen molar-refractivity contribution in [2.45, 2.75) is 6.10 Å². The molecule has 1 aliphatic rings. The summed E-state index contributed by atoms with van der Waals surface area (Å²) in [5.41, 5.74) is 1.38. The minimum Gasteiger partial charge on any atom is -0.478 e. The average Bonchev–Trinajstić information content (AvgIpc) is 2.89. The number of carboxylic acids is 1. The second-order valence-electron chi connectivity index (χ2n) is 4.51. The number of guanidine groups is 1. The van der Waals surface area contributed by atoms with Crippen LogP contribution in [0.5, 0.6) is 0 Å². The zero-order valence-corrected chi connectivity index (χ0v) is 10.4. The molecule has 1 aromatic heterocycles. The molecule has 0 radical (unpaired) electrons. The summed E-state index contributed by atoms with van der Waals surface area (Å²) < 4.78 is 0. The van der Waals surface area contributed by atoms with Gasteiger partial charge < -0.3 is 20.8 Å². The van der Waals surface area contributed by atoms with Gasteiger partial charge in [0.2, 0.25) is 0 Å². The van der Waals surface area contributed by atoms with Crippen LogP contribution >= 0.6 is 0 Å². The van der Waals surface area contributed by atoms with Crippen LogP contribution in [0.2, 0.25) is 0 Å². The summed E-state index contributed by atoms with van der Waals surface area (Å²) in [4.78, 5) is 15.3. The van der Waals surface area contributed by atoms with Crippen LogP contribution in [0.3, 0.4) is 0 Å². The number of β-amino-alcohol motifs (C(OH)–C–C–N with tert-alkyl or cyclic N) is 1. The van der Waals surface area contributed by atoms with Crippen LogP contribution in [0.1, 0.15) is 10.4 Å². The summed E-state index contributed by atoms with van der Waals surface area (Å²) >= 11 is 0. The van der Waals surface area contributed by atoms with Gasteiger partial charge in [-0.05, 0) is 12.1 Å². The van der Waals surface area contributed by atoms with E-state index in [-0.39, 0.29) is 5.56 Å². The number of aliphatic hydroxyl groups is 1. The van der Waals surface area contributed by atoms with E-state index in [1.807, 2.05) is 0 Å². The van der Waals surface area contributed by atoms with Gasteiger partial charge in [-0.2, -0.15) is 5.10 Å². The number of nitrogens with zero attached hydrogens (tertiary/aromatic N) is 2. The maximum absolute atomic E-state index is 11.1. The summed E-state index contributed by atoms with van der Waals surface area (Å²) in [5.74, 6) is -0.515. The number of fused-ring (bicyclic) bond motifs is 1. The lowest BCUT2D eigenvalue weighted by atomic mass is 10.1. The topological polar surface area (TPSA) is 123 Å². The molecule has 104 valence electrons. The highest BCUT2D eigenvalue weighted by Crippen LogP contribution is 2.24. The molecule has 0 amide bonds. The van der Waals surface area contributed by atoms with E-state index in [0.29, 0.717) is 30.3 Å². The molecule has 2 aromatic rings. The van der Waals surface area contributed by atoms with Gasteiger partial charge >= 0.3 is 5.97 Å². The number of aromatic amines is 1. The van der Waals surface area contributed by atoms with Gasteiger partial charge in [-0.25, -0.2) is 4.79 Å². The van der Waals surface area contributed by atoms with Crippen molar-refractivity contribution in [3.05, 3.63) is 23.9 Å². The van der Waals surface area contributed by atoms with Crippen molar-refractivity contribution in [3.63, 3.8) is 0 Å². The van der Waals surface area contributed by atoms with Crippen molar-refractivity contribution < 1.29 is 15.0 Å². The number of hydrogen-bond donors (Lipinski definition) is 5. The predicted octanol–water partition coefficient (Wildman–Crippen LogP) is -0.00690. The Morgan fingerprint density at radius 2 is 2.30 bits per heavy atom. The molecule has 0 bridgehead atoms. The molecule has 1 atom stereocenters. The summed E-state index contributed by atoms with van der Waals surface area (Å²) in [6, 6.07) is 3.05. The molecule has 0 saturated carbocycles. The number of H-pyrrole nitrogens is 1. The Balaban J connectivity index is 1.97. The monoisotopic (exact) mass is 275 g/mol. The first-order chi connectivity index (χ1) is 9.63. The number of carbonyl (C=O) groups is 1. The zero-order chi connectivity index (χ0) is 14.1. The molecule has 0 spiro atoms. The number of benzene rings is 1. The molecule has 3 rings (SSSR count). The molecule has 2 heterocycles. The first kappa shape index (κ1) is 12.4. The molecule has 20 heavy (non-hydrogen) atoms. The maximum atomic E-state index is 11.1. The number of hydrogen-bond acceptors (Lipinski definition) is 6. The Bertz CT molecular complexity index is 693. The first-order valence-corrected chi connectivity index (χ1v) is 6.07. The minimum absolute atomic E-state index is 0.153. The van der Waals surface area contributed by atoms with Crippen molar-refractivity contribution in [1.82, 2.24) is 15.5 Å². The number of anilines is 1. The fourth-order valence-corrected chi connectivity index (χ4v) is 2.02. The summed E-state index contributed by atoms with van der Waals surface area (Å²) in [7, 11) is 0. The van der Waals surface area contributed by atoms with E-state index in [1.54, 1.807) is 6.20 Å². The molecule has 1 aliphatic heterocycles. The number of rotatable bonds is 2. The van der Waals surface area contributed by atoms with E-state index < -0.39 is 12.1 Å². The van der Waals surface area contributed by atoms with E-state index in [1.165, 1.54) is 12.1 Å². The average molecular weight is 275 g/mol. The Morgan fingerprint density at radius 3 is 3.00 bits per heavy atom. The Kier molecular flexibility index (Phi) is 2.99. The number of aromatic carboxylic acids is 1. The number of aliphatic imine (C=N–C) groups is 1. The van der Waals surface area contributed by atoms with Crippen molar-refractivity contribution in [1.29, 1.82) is 0 Å². The van der Waals surface area contributed by atoms with Crippen LogP contribution < -0.4 is 10.6 Å². The lowest BCUT2D eigenvalue weighted by molar-refractivity contribution is 0.0697. The Hall–Kier alpha value is -2.61. The molecule has 5 N–H and O–H groups in total. The summed E-state index contributed by atoms with van der Waals surface area (Å²) in [5, 5.41) is 31.9. The molecule has 0 fully saturated rings. The molecule has 8 nitrogen and oxygen atoms in total. The standard InChI is InChI=1S/C12H13N5O3/c18-7-3-13-12(14-4-7)16-9-1-6(11(19)20)2-10-8(9)5-15-17-10/h1-2,5,7,18H,3-4H2,(H,15,17)(H,19,20)(H2,13,14,16). The second kappa shape index (κ2) is 4.82. The molecule has 1 unspecified atom stereocenters. The van der Waals surface area contributed by atoms with Gasteiger partial charge in [-0.3, -0.25) is 10.1 Å². The van der Waals surface area contributed by atoms with Crippen LogP contribution in [0.25, 0.3) is 10.9 Å². The summed E-state index contributed by atoms with van der Waals surface area (Å²) in [6.45, 7) is 0.710. The minimum atomic E-state index is -1.02. The highest BCUT2D eigenvalue weighted by molar-refractivity contribution is 6.05. The third-order valence-electron chi connectivity index (χ3n) is 3.02. The molecular formula is C12H13N5O3. The highest BCUT2D eigenvalue weighted by atomic mass is 16.4. The van der Waals surface area contributed by atoms with E-state index >= 15 is 0 Å². The Morgan fingerprint density at radius 1 is 1.45 bits per heavy atom. The first-order valence-electron chi connectivity index (χ1n) is 6.07. The molecule has 8 heteroatoms. The number of aromatic nitrogens is 2. The third-order valence-corrected chi connectivity index (χ3v) is 3.02. The van der Waals surface area contributed by atoms with Crippen molar-refractivity contribution in [2.24, 2.45) is 4.99 Å². The van der Waals surface area contributed by atoms with Gasteiger partial charge in [0.05, 0.1) is 35.6 Å². The fourth-order valence-electron chi connectivity index (χ4n) is 2.02. The van der Waals surface area contributed by atoms with Crippen LogP contribution in [-0.2, 0) is 0 Å². The SMILES string of the molecule is O=C(O)c1cc(NC2=NCC(O)CN2)c2cn[nH]c2c1. The van der Waals surface area contributed by atoms with Crippen LogP contribution in [-0.4, -0.2) is 51.5 Å². The van der Waals surface area contributed by atoms with Gasteiger partial charge in [0, 0.05) is 11.9 Å².